The van der Waals surface area contributed by atoms with Gasteiger partial charge in [0.2, 0.25) is 0 Å². The van der Waals surface area contributed by atoms with Gasteiger partial charge in [-0.05, 0) is 36.5 Å². The normalized spacial score (nSPS) is 19.2. The molecule has 1 saturated carbocycles. The highest BCUT2D eigenvalue weighted by molar-refractivity contribution is 5.42. The molecule has 26 heavy (non-hydrogen) atoms. The summed E-state index contributed by atoms with van der Waals surface area (Å²) in [7, 11) is 1.71. The number of hydrogen-bond donors (Lipinski definition) is 1. The van der Waals surface area contributed by atoms with Gasteiger partial charge in [0.15, 0.2) is 0 Å². The van der Waals surface area contributed by atoms with Gasteiger partial charge in [-0.1, -0.05) is 80.3 Å². The van der Waals surface area contributed by atoms with Crippen LogP contribution in [0.3, 0.4) is 0 Å². The van der Waals surface area contributed by atoms with Gasteiger partial charge in [0, 0.05) is 5.41 Å². The van der Waals surface area contributed by atoms with Crippen LogP contribution in [0.2, 0.25) is 0 Å². The average molecular weight is 351 g/mol. The summed E-state index contributed by atoms with van der Waals surface area (Å²) >= 11 is 0. The van der Waals surface area contributed by atoms with Crippen LogP contribution < -0.4 is 4.74 Å². The Hall–Kier alpha value is -2.06. The molecule has 0 radical (unpaired) electrons. The number of para-hydroxylation sites is 1. The minimum atomic E-state index is -0.798. The van der Waals surface area contributed by atoms with Crippen molar-refractivity contribution in [3.63, 3.8) is 0 Å². The third-order valence-electron chi connectivity index (χ3n) is 6.06. The summed E-state index contributed by atoms with van der Waals surface area (Å²) in [5, 5.41) is 11.9. The molecule has 1 aliphatic rings. The van der Waals surface area contributed by atoms with E-state index in [1.165, 1.54) is 12.8 Å². The SMILES string of the molecule is C=CC(Cc1ccccc1OC)(c1ccccc1)C1(O)CCCCCC1. The molecule has 0 amide bonds. The van der Waals surface area contributed by atoms with Gasteiger partial charge in [0.25, 0.3) is 0 Å². The number of rotatable bonds is 6. The first-order valence-corrected chi connectivity index (χ1v) is 9.69. The van der Waals surface area contributed by atoms with Gasteiger partial charge in [-0.2, -0.15) is 0 Å². The van der Waals surface area contributed by atoms with E-state index in [9.17, 15) is 5.11 Å². The summed E-state index contributed by atoms with van der Waals surface area (Å²) < 4.78 is 5.60. The monoisotopic (exact) mass is 350 g/mol. The first kappa shape index (κ1) is 18.7. The maximum Gasteiger partial charge on any atom is 0.122 e. The Morgan fingerprint density at radius 1 is 1.00 bits per heavy atom. The highest BCUT2D eigenvalue weighted by Crippen LogP contribution is 2.47. The van der Waals surface area contributed by atoms with E-state index in [0.717, 1.165) is 42.6 Å². The summed E-state index contributed by atoms with van der Waals surface area (Å²) in [4.78, 5) is 0. The second kappa shape index (κ2) is 8.09. The lowest BCUT2D eigenvalue weighted by molar-refractivity contribution is -0.0342. The molecule has 138 valence electrons. The maximum atomic E-state index is 11.9. The van der Waals surface area contributed by atoms with E-state index in [1.54, 1.807) is 7.11 Å². The fraction of sp³-hybridized carbons (Fsp3) is 0.417. The van der Waals surface area contributed by atoms with Crippen molar-refractivity contribution in [3.05, 3.63) is 78.4 Å². The molecule has 1 atom stereocenters. The molecule has 2 nitrogen and oxygen atoms in total. The predicted molar refractivity (Wildman–Crippen MR) is 108 cm³/mol. The van der Waals surface area contributed by atoms with Gasteiger partial charge in [-0.15, -0.1) is 6.58 Å². The van der Waals surface area contributed by atoms with Crippen LogP contribution in [0, 0.1) is 0 Å². The van der Waals surface area contributed by atoms with E-state index in [4.69, 9.17) is 4.74 Å². The molecule has 0 aliphatic heterocycles. The van der Waals surface area contributed by atoms with E-state index < -0.39 is 11.0 Å². The first-order chi connectivity index (χ1) is 12.6. The topological polar surface area (TPSA) is 29.5 Å². The molecule has 0 heterocycles. The van der Waals surface area contributed by atoms with Crippen LogP contribution in [0.4, 0.5) is 0 Å². The Morgan fingerprint density at radius 3 is 2.23 bits per heavy atom. The summed E-state index contributed by atoms with van der Waals surface area (Å²) in [6.45, 7) is 4.21. The fourth-order valence-corrected chi connectivity index (χ4v) is 4.56. The molecule has 2 aromatic carbocycles. The number of benzene rings is 2. The van der Waals surface area contributed by atoms with Gasteiger partial charge in [-0.3, -0.25) is 0 Å². The van der Waals surface area contributed by atoms with Crippen LogP contribution in [0.25, 0.3) is 0 Å². The molecule has 0 spiro atoms. The van der Waals surface area contributed by atoms with E-state index in [2.05, 4.69) is 36.9 Å². The minimum Gasteiger partial charge on any atom is -0.496 e. The lowest BCUT2D eigenvalue weighted by Crippen LogP contribution is -2.51. The Kier molecular flexibility index (Phi) is 5.83. The molecule has 2 heteroatoms. The third-order valence-corrected chi connectivity index (χ3v) is 6.06. The average Bonchev–Trinajstić information content (AvgIpc) is 2.92. The molecular formula is C24H30O2. The highest BCUT2D eigenvalue weighted by atomic mass is 16.5. The third kappa shape index (κ3) is 3.43. The van der Waals surface area contributed by atoms with Crippen molar-refractivity contribution in [2.24, 2.45) is 0 Å². The van der Waals surface area contributed by atoms with E-state index >= 15 is 0 Å². The van der Waals surface area contributed by atoms with Gasteiger partial charge in [0.1, 0.15) is 5.75 Å². The molecule has 3 rings (SSSR count). The quantitative estimate of drug-likeness (QED) is 0.555. The smallest absolute Gasteiger partial charge is 0.122 e. The molecule has 1 fully saturated rings. The zero-order chi connectivity index (χ0) is 18.5. The molecule has 1 aliphatic carbocycles. The van der Waals surface area contributed by atoms with Crippen LogP contribution in [0.5, 0.6) is 5.75 Å². The molecule has 2 aromatic rings. The van der Waals surface area contributed by atoms with Crippen molar-refractivity contribution in [3.8, 4) is 5.75 Å². The standard InChI is InChI=1S/C24H30O2/c1-3-23(21-14-7-6-8-15-21,24(25)17-11-4-5-12-18-24)19-20-13-9-10-16-22(20)26-2/h3,6-10,13-16,25H,1,4-5,11-12,17-19H2,2H3. The van der Waals surface area contributed by atoms with Gasteiger partial charge in [-0.25, -0.2) is 0 Å². The highest BCUT2D eigenvalue weighted by Gasteiger charge is 2.49. The minimum absolute atomic E-state index is 0.534. The van der Waals surface area contributed by atoms with Crippen molar-refractivity contribution < 1.29 is 9.84 Å². The fourth-order valence-electron chi connectivity index (χ4n) is 4.56. The maximum absolute atomic E-state index is 11.9. The van der Waals surface area contributed by atoms with Gasteiger partial charge < -0.3 is 9.84 Å². The molecular weight excluding hydrogens is 320 g/mol. The van der Waals surface area contributed by atoms with E-state index in [0.29, 0.717) is 6.42 Å². The number of aliphatic hydroxyl groups is 1. The van der Waals surface area contributed by atoms with E-state index in [1.807, 2.05) is 30.3 Å². The molecule has 1 N–H and O–H groups in total. The van der Waals surface area contributed by atoms with Crippen molar-refractivity contribution in [1.29, 1.82) is 0 Å². The van der Waals surface area contributed by atoms with Crippen molar-refractivity contribution >= 4 is 0 Å². The van der Waals surface area contributed by atoms with Crippen LogP contribution in [-0.4, -0.2) is 17.8 Å². The Balaban J connectivity index is 2.13. The zero-order valence-corrected chi connectivity index (χ0v) is 15.8. The second-order valence-electron chi connectivity index (χ2n) is 7.48. The van der Waals surface area contributed by atoms with Crippen LogP contribution >= 0.6 is 0 Å². The van der Waals surface area contributed by atoms with Crippen LogP contribution in [-0.2, 0) is 11.8 Å². The lowest BCUT2D eigenvalue weighted by Gasteiger charge is -2.46. The van der Waals surface area contributed by atoms with Crippen LogP contribution in [0.1, 0.15) is 49.7 Å². The predicted octanol–water partition coefficient (Wildman–Crippen LogP) is 5.45. The number of hydrogen-bond acceptors (Lipinski definition) is 2. The molecule has 0 saturated heterocycles. The molecule has 1 unspecified atom stereocenters. The largest absolute Gasteiger partial charge is 0.496 e. The Bertz CT molecular complexity index is 714. The van der Waals surface area contributed by atoms with Crippen molar-refractivity contribution in [2.45, 2.75) is 56.0 Å². The number of methoxy groups -OCH3 is 1. The van der Waals surface area contributed by atoms with Gasteiger partial charge >= 0.3 is 0 Å². The molecule has 0 bridgehead atoms. The van der Waals surface area contributed by atoms with E-state index in [-0.39, 0.29) is 0 Å². The first-order valence-electron chi connectivity index (χ1n) is 9.69. The summed E-state index contributed by atoms with van der Waals surface area (Å²) in [6, 6.07) is 18.5. The van der Waals surface area contributed by atoms with Crippen molar-refractivity contribution in [1.82, 2.24) is 0 Å². The van der Waals surface area contributed by atoms with Crippen LogP contribution in [0.15, 0.2) is 67.3 Å². The molecule has 0 aromatic heterocycles. The second-order valence-corrected chi connectivity index (χ2v) is 7.48. The lowest BCUT2D eigenvalue weighted by atomic mass is 9.61. The van der Waals surface area contributed by atoms with Gasteiger partial charge in [0.05, 0.1) is 12.7 Å². The Morgan fingerprint density at radius 2 is 1.62 bits per heavy atom. The Labute approximate surface area is 157 Å². The number of ether oxygens (including phenoxy) is 1. The summed E-state index contributed by atoms with van der Waals surface area (Å²) in [5.74, 6) is 0.867. The summed E-state index contributed by atoms with van der Waals surface area (Å²) in [5.41, 5.74) is 0.905. The summed E-state index contributed by atoms with van der Waals surface area (Å²) in [6.07, 6.45) is 8.79. The van der Waals surface area contributed by atoms with Crippen molar-refractivity contribution in [2.75, 3.05) is 7.11 Å². The zero-order valence-electron chi connectivity index (χ0n) is 15.8.